The van der Waals surface area contributed by atoms with Gasteiger partial charge in [0, 0.05) is 31.5 Å². The van der Waals surface area contributed by atoms with Gasteiger partial charge in [-0.05, 0) is 71.9 Å². The van der Waals surface area contributed by atoms with Gasteiger partial charge in [-0.1, -0.05) is 40.7 Å². The first kappa shape index (κ1) is 43.6. The summed E-state index contributed by atoms with van der Waals surface area (Å²) in [6.07, 6.45) is -2.19. The lowest BCUT2D eigenvalue weighted by atomic mass is 10.0. The molecular formula is C30H52F7N3O2S. The Kier molecular flexibility index (Phi) is 21.5. The number of rotatable bonds is 7. The highest BCUT2D eigenvalue weighted by molar-refractivity contribution is 7.82. The summed E-state index contributed by atoms with van der Waals surface area (Å²) in [7, 11) is 0.451. The van der Waals surface area contributed by atoms with Crippen molar-refractivity contribution in [3.63, 3.8) is 0 Å². The molecule has 2 heterocycles. The smallest absolute Gasteiger partial charge is 0.306 e. The predicted molar refractivity (Wildman–Crippen MR) is 161 cm³/mol. The monoisotopic (exact) mass is 651 g/mol. The minimum absolute atomic E-state index is 0.00113. The lowest BCUT2D eigenvalue weighted by molar-refractivity contribution is -0.137. The van der Waals surface area contributed by atoms with Gasteiger partial charge < -0.3 is 9.69 Å². The molecule has 0 aromatic heterocycles. The number of hydrogen-bond acceptors (Lipinski definition) is 4. The first-order valence-electron chi connectivity index (χ1n) is 14.9. The summed E-state index contributed by atoms with van der Waals surface area (Å²) in [6.45, 7) is 16.3. The third-order valence-corrected chi connectivity index (χ3v) is 8.07. The lowest BCUT2D eigenvalue weighted by Crippen LogP contribution is -2.47. The minimum atomic E-state index is -4.42. The van der Waals surface area contributed by atoms with Crippen LogP contribution in [-0.4, -0.2) is 88.3 Å². The molecule has 13 heteroatoms. The third kappa shape index (κ3) is 18.1. The van der Waals surface area contributed by atoms with Crippen LogP contribution in [0.2, 0.25) is 0 Å². The standard InChI is InChI=1S/C16H23F3N2OS.C6H9F2NO.C4H8F2.2C2H6/c1-12(2)21(14-7-9-20(3)10-8-14)23(22)15-6-4-5-13(11-15)16(17,18)19;7-6(8)1-2-9(5-6)3-4-10;1-3-4(2,5)6;2*1-2/h4-6,11-12,14H,7-10H2,1-3H3;4H,1-3,5H2;3H2,1-2H3;2*1-2H3. The fourth-order valence-corrected chi connectivity index (χ4v) is 5.50. The Balaban J connectivity index is 0. The zero-order valence-corrected chi connectivity index (χ0v) is 27.9. The Morgan fingerprint density at radius 1 is 1.05 bits per heavy atom. The molecule has 2 aliphatic heterocycles. The van der Waals surface area contributed by atoms with Gasteiger partial charge in [0.05, 0.1) is 23.5 Å². The van der Waals surface area contributed by atoms with Gasteiger partial charge in [0.25, 0.3) is 5.92 Å². The summed E-state index contributed by atoms with van der Waals surface area (Å²) >= 11 is 0. The molecule has 0 spiro atoms. The number of hydrogen-bond donors (Lipinski definition) is 0. The predicted octanol–water partition coefficient (Wildman–Crippen LogP) is 8.16. The molecule has 5 nitrogen and oxygen atoms in total. The normalized spacial score (nSPS) is 18.2. The summed E-state index contributed by atoms with van der Waals surface area (Å²) in [5.41, 5.74) is -0.754. The minimum Gasteiger partial charge on any atom is -0.306 e. The fraction of sp³-hybridized carbons (Fsp3) is 0.767. The molecule has 2 aliphatic rings. The summed E-state index contributed by atoms with van der Waals surface area (Å²) < 4.78 is 101. The number of carbonyl (C=O) groups excluding carboxylic acids is 1. The highest BCUT2D eigenvalue weighted by Crippen LogP contribution is 2.31. The summed E-state index contributed by atoms with van der Waals surface area (Å²) in [6, 6.07) is 4.97. The SMILES string of the molecule is CC.CC.CC(C)N(C1CCN(C)CC1)S(=O)c1cccc(C(F)(F)F)c1.CCC(C)(F)F.O=CCN1CCC(F)(F)C1. The van der Waals surface area contributed by atoms with Gasteiger partial charge >= 0.3 is 6.18 Å². The maximum absolute atomic E-state index is 12.9. The van der Waals surface area contributed by atoms with Gasteiger partial charge in [-0.2, -0.15) is 13.2 Å². The summed E-state index contributed by atoms with van der Waals surface area (Å²) in [5, 5.41) is 0. The van der Waals surface area contributed by atoms with E-state index >= 15 is 0 Å². The van der Waals surface area contributed by atoms with Crippen molar-refractivity contribution < 1.29 is 39.7 Å². The Hall–Kier alpha value is -1.57. The Bertz CT molecular complexity index is 904. The number of halogens is 7. The molecule has 1 aromatic rings. The number of aldehydes is 1. The molecular weight excluding hydrogens is 599 g/mol. The van der Waals surface area contributed by atoms with E-state index in [-0.39, 0.29) is 42.9 Å². The molecule has 0 aliphatic carbocycles. The Morgan fingerprint density at radius 2 is 1.56 bits per heavy atom. The maximum Gasteiger partial charge on any atom is 0.416 e. The zero-order valence-electron chi connectivity index (χ0n) is 27.1. The highest BCUT2D eigenvalue weighted by Gasteiger charge is 2.37. The quantitative estimate of drug-likeness (QED) is 0.221. The number of carbonyl (C=O) groups is 1. The van der Waals surface area contributed by atoms with Gasteiger partial charge in [-0.25, -0.2) is 26.1 Å². The van der Waals surface area contributed by atoms with Crippen LogP contribution in [0.25, 0.3) is 0 Å². The van der Waals surface area contributed by atoms with E-state index in [4.69, 9.17) is 0 Å². The molecule has 2 fully saturated rings. The molecule has 3 rings (SSSR count). The molecule has 0 N–H and O–H groups in total. The van der Waals surface area contributed by atoms with Crippen LogP contribution in [0.5, 0.6) is 0 Å². The van der Waals surface area contributed by atoms with Crippen molar-refractivity contribution in [2.45, 2.75) is 116 Å². The molecule has 2 saturated heterocycles. The van der Waals surface area contributed by atoms with E-state index in [9.17, 15) is 39.7 Å². The summed E-state index contributed by atoms with van der Waals surface area (Å²) in [5.74, 6) is -5.02. The van der Waals surface area contributed by atoms with Crippen LogP contribution >= 0.6 is 0 Å². The van der Waals surface area contributed by atoms with Crippen LogP contribution in [0, 0.1) is 0 Å². The number of alkyl halides is 7. The molecule has 254 valence electrons. The number of likely N-dealkylation sites (tertiary alicyclic amines) is 2. The lowest BCUT2D eigenvalue weighted by Gasteiger charge is -2.38. The molecule has 1 atom stereocenters. The van der Waals surface area contributed by atoms with Crippen LogP contribution in [0.4, 0.5) is 30.7 Å². The third-order valence-electron chi connectivity index (χ3n) is 6.31. The number of piperidine rings is 1. The maximum atomic E-state index is 12.9. The molecule has 0 bridgehead atoms. The Labute approximate surface area is 256 Å². The number of benzene rings is 1. The van der Waals surface area contributed by atoms with Crippen LogP contribution in [0.15, 0.2) is 29.2 Å². The van der Waals surface area contributed by atoms with Crippen molar-refractivity contribution in [1.82, 2.24) is 14.1 Å². The van der Waals surface area contributed by atoms with Crippen LogP contribution < -0.4 is 0 Å². The van der Waals surface area contributed by atoms with Gasteiger partial charge in [-0.15, -0.1) is 0 Å². The first-order valence-corrected chi connectivity index (χ1v) is 16.0. The molecule has 0 saturated carbocycles. The second-order valence-corrected chi connectivity index (χ2v) is 11.6. The van der Waals surface area contributed by atoms with Gasteiger partial charge in [-0.3, -0.25) is 4.90 Å². The van der Waals surface area contributed by atoms with E-state index in [0.717, 1.165) is 45.0 Å². The number of nitrogens with zero attached hydrogens (tertiary/aromatic N) is 3. The van der Waals surface area contributed by atoms with E-state index < -0.39 is 34.6 Å². The van der Waals surface area contributed by atoms with E-state index in [2.05, 4.69) is 4.90 Å². The fourth-order valence-electron chi connectivity index (χ4n) is 3.97. The van der Waals surface area contributed by atoms with Crippen molar-refractivity contribution in [2.75, 3.05) is 39.8 Å². The second kappa shape index (κ2) is 21.2. The van der Waals surface area contributed by atoms with E-state index in [0.29, 0.717) is 12.8 Å². The molecule has 43 heavy (non-hydrogen) atoms. The van der Waals surface area contributed by atoms with Crippen molar-refractivity contribution in [3.05, 3.63) is 29.8 Å². The van der Waals surface area contributed by atoms with Crippen LogP contribution in [-0.2, 0) is 22.0 Å². The van der Waals surface area contributed by atoms with Crippen LogP contribution in [0.1, 0.15) is 86.6 Å². The summed E-state index contributed by atoms with van der Waals surface area (Å²) in [4.78, 5) is 13.8. The van der Waals surface area contributed by atoms with Crippen molar-refractivity contribution in [1.29, 1.82) is 0 Å². The van der Waals surface area contributed by atoms with E-state index in [1.807, 2.05) is 52.9 Å². The van der Waals surface area contributed by atoms with Crippen molar-refractivity contribution in [2.24, 2.45) is 0 Å². The van der Waals surface area contributed by atoms with E-state index in [1.54, 1.807) is 0 Å². The zero-order chi connectivity index (χ0) is 34.0. The topological polar surface area (TPSA) is 43.9 Å². The second-order valence-electron chi connectivity index (χ2n) is 10.2. The van der Waals surface area contributed by atoms with Crippen molar-refractivity contribution >= 4 is 17.3 Å². The van der Waals surface area contributed by atoms with E-state index in [1.165, 1.54) is 24.0 Å². The molecule has 1 unspecified atom stereocenters. The first-order chi connectivity index (χ1) is 19.9. The Morgan fingerprint density at radius 3 is 1.93 bits per heavy atom. The van der Waals surface area contributed by atoms with Gasteiger partial charge in [0.2, 0.25) is 5.92 Å². The average Bonchev–Trinajstić information content (AvgIpc) is 3.30. The highest BCUT2D eigenvalue weighted by atomic mass is 32.2. The molecule has 0 amide bonds. The van der Waals surface area contributed by atoms with Gasteiger partial charge in [0.1, 0.15) is 17.3 Å². The van der Waals surface area contributed by atoms with Gasteiger partial charge in [0.15, 0.2) is 0 Å². The largest absolute Gasteiger partial charge is 0.416 e. The average molecular weight is 652 g/mol. The molecule has 0 radical (unpaired) electrons. The molecule has 1 aromatic carbocycles. The van der Waals surface area contributed by atoms with Crippen molar-refractivity contribution in [3.8, 4) is 0 Å². The van der Waals surface area contributed by atoms with Crippen LogP contribution in [0.3, 0.4) is 0 Å².